The van der Waals surface area contributed by atoms with Crippen molar-refractivity contribution < 1.29 is 4.79 Å². The van der Waals surface area contributed by atoms with Crippen molar-refractivity contribution in [1.82, 2.24) is 4.90 Å². The average Bonchev–Trinajstić information content (AvgIpc) is 3.32. The molecule has 3 nitrogen and oxygen atoms in total. The molecule has 1 heterocycles. The first-order valence-corrected chi connectivity index (χ1v) is 7.74. The summed E-state index contributed by atoms with van der Waals surface area (Å²) in [5.74, 6) is 6.75. The third kappa shape index (κ3) is 3.17. The number of amides is 1. The zero-order valence-corrected chi connectivity index (χ0v) is 11.7. The summed E-state index contributed by atoms with van der Waals surface area (Å²) in [4.78, 5) is 15.5. The Bertz CT molecular complexity index is 532. The van der Waals surface area contributed by atoms with E-state index in [9.17, 15) is 4.79 Å². The maximum atomic E-state index is 12.5. The van der Waals surface area contributed by atoms with Gasteiger partial charge in [-0.2, -0.15) is 0 Å². The van der Waals surface area contributed by atoms with Crippen molar-refractivity contribution in [2.75, 3.05) is 13.1 Å². The highest BCUT2D eigenvalue weighted by Gasteiger charge is 2.36. The molecule has 0 aliphatic heterocycles. The molecule has 1 amide bonds. The van der Waals surface area contributed by atoms with Crippen molar-refractivity contribution in [1.29, 1.82) is 0 Å². The summed E-state index contributed by atoms with van der Waals surface area (Å²) in [6.45, 7) is 1.31. The first-order valence-electron chi connectivity index (χ1n) is 6.86. The van der Waals surface area contributed by atoms with Gasteiger partial charge in [0.15, 0.2) is 0 Å². The highest BCUT2D eigenvalue weighted by atomic mass is 32.1. The molecular formula is C15H18N2OS. The lowest BCUT2D eigenvalue weighted by atomic mass is 10.2. The molecule has 0 unspecified atom stereocenters. The maximum absolute atomic E-state index is 12.5. The summed E-state index contributed by atoms with van der Waals surface area (Å²) in [7, 11) is 0. The molecule has 4 heteroatoms. The summed E-state index contributed by atoms with van der Waals surface area (Å²) < 4.78 is 0. The van der Waals surface area contributed by atoms with Gasteiger partial charge in [-0.05, 0) is 37.7 Å². The third-order valence-electron chi connectivity index (χ3n) is 3.56. The van der Waals surface area contributed by atoms with Gasteiger partial charge in [-0.15, -0.1) is 11.3 Å². The van der Waals surface area contributed by atoms with Crippen molar-refractivity contribution in [3.63, 3.8) is 0 Å². The van der Waals surface area contributed by atoms with E-state index in [4.69, 9.17) is 5.73 Å². The molecule has 2 aliphatic carbocycles. The fraction of sp³-hybridized carbons (Fsp3) is 0.533. The molecule has 19 heavy (non-hydrogen) atoms. The Labute approximate surface area is 117 Å². The van der Waals surface area contributed by atoms with E-state index in [1.807, 2.05) is 11.4 Å². The van der Waals surface area contributed by atoms with E-state index < -0.39 is 0 Å². The van der Waals surface area contributed by atoms with Crippen LogP contribution in [-0.2, 0) is 0 Å². The summed E-state index contributed by atoms with van der Waals surface area (Å²) in [6.07, 6.45) is 4.91. The summed E-state index contributed by atoms with van der Waals surface area (Å²) in [6, 6.07) is 2.39. The van der Waals surface area contributed by atoms with Crippen molar-refractivity contribution >= 4 is 17.2 Å². The molecule has 0 bridgehead atoms. The van der Waals surface area contributed by atoms with Gasteiger partial charge >= 0.3 is 0 Å². The molecule has 2 aliphatic rings. The Hall–Kier alpha value is -1.31. The van der Waals surface area contributed by atoms with Crippen molar-refractivity contribution in [3.05, 3.63) is 21.9 Å². The molecular weight excluding hydrogens is 256 g/mol. The lowest BCUT2D eigenvalue weighted by Crippen LogP contribution is -2.34. The Balaban J connectivity index is 1.71. The topological polar surface area (TPSA) is 46.3 Å². The minimum Gasteiger partial charge on any atom is -0.335 e. The fourth-order valence-electron chi connectivity index (χ4n) is 2.18. The van der Waals surface area contributed by atoms with Crippen LogP contribution in [0.2, 0.25) is 0 Å². The van der Waals surface area contributed by atoms with Gasteiger partial charge in [-0.1, -0.05) is 11.8 Å². The van der Waals surface area contributed by atoms with E-state index in [0.717, 1.165) is 22.9 Å². The molecule has 1 aromatic rings. The Morgan fingerprint density at radius 3 is 2.84 bits per heavy atom. The zero-order valence-electron chi connectivity index (χ0n) is 10.9. The van der Waals surface area contributed by atoms with Crippen molar-refractivity contribution in [3.8, 4) is 11.8 Å². The second kappa shape index (κ2) is 5.36. The molecule has 0 radical (unpaired) electrons. The molecule has 2 saturated carbocycles. The van der Waals surface area contributed by atoms with Crippen LogP contribution in [-0.4, -0.2) is 29.9 Å². The third-order valence-corrected chi connectivity index (χ3v) is 4.41. The van der Waals surface area contributed by atoms with Gasteiger partial charge in [-0.3, -0.25) is 4.79 Å². The van der Waals surface area contributed by atoms with Gasteiger partial charge in [0.1, 0.15) is 0 Å². The quantitative estimate of drug-likeness (QED) is 0.854. The number of carbonyl (C=O) groups excluding carboxylic acids is 1. The largest absolute Gasteiger partial charge is 0.335 e. The number of carbonyl (C=O) groups is 1. The van der Waals surface area contributed by atoms with E-state index in [1.54, 1.807) is 0 Å². The lowest BCUT2D eigenvalue weighted by molar-refractivity contribution is 0.0735. The minimum atomic E-state index is 0.187. The Morgan fingerprint density at radius 2 is 2.21 bits per heavy atom. The van der Waals surface area contributed by atoms with Crippen LogP contribution >= 0.6 is 11.3 Å². The number of rotatable bonds is 4. The highest BCUT2D eigenvalue weighted by molar-refractivity contribution is 7.10. The molecule has 3 rings (SSSR count). The van der Waals surface area contributed by atoms with Crippen molar-refractivity contribution in [2.24, 2.45) is 11.7 Å². The van der Waals surface area contributed by atoms with Gasteiger partial charge in [-0.25, -0.2) is 0 Å². The number of hydrogen-bond acceptors (Lipinski definition) is 3. The molecule has 2 fully saturated rings. The molecule has 0 atom stereocenters. The van der Waals surface area contributed by atoms with Crippen LogP contribution in [0.5, 0.6) is 0 Å². The Kier molecular flexibility index (Phi) is 3.58. The van der Waals surface area contributed by atoms with E-state index in [2.05, 4.69) is 16.7 Å². The van der Waals surface area contributed by atoms with E-state index in [-0.39, 0.29) is 5.91 Å². The SMILES string of the molecule is NCC#Cc1cc(C(=O)N(CC2CC2)C2CC2)cs1. The second-order valence-electron chi connectivity index (χ2n) is 5.34. The number of nitrogens with two attached hydrogens (primary N) is 1. The molecule has 1 aromatic heterocycles. The first kappa shape index (κ1) is 12.7. The van der Waals surface area contributed by atoms with Crippen LogP contribution in [0.15, 0.2) is 11.4 Å². The zero-order chi connectivity index (χ0) is 13.2. The standard InChI is InChI=1S/C15H18N2OS/c16-7-1-2-14-8-12(10-19-14)15(18)17(13-5-6-13)9-11-3-4-11/h8,10-11,13H,3-7,9,16H2. The molecule has 100 valence electrons. The first-order chi connectivity index (χ1) is 9.28. The summed E-state index contributed by atoms with van der Waals surface area (Å²) in [5.41, 5.74) is 6.15. The Morgan fingerprint density at radius 1 is 1.42 bits per heavy atom. The fourth-order valence-corrected chi connectivity index (χ4v) is 2.93. The highest BCUT2D eigenvalue weighted by Crippen LogP contribution is 2.35. The van der Waals surface area contributed by atoms with Crippen LogP contribution in [0.25, 0.3) is 0 Å². The van der Waals surface area contributed by atoms with Crippen LogP contribution < -0.4 is 5.73 Å². The van der Waals surface area contributed by atoms with Crippen LogP contribution in [0.3, 0.4) is 0 Å². The molecule has 2 N–H and O–H groups in total. The van der Waals surface area contributed by atoms with Crippen LogP contribution in [0.1, 0.15) is 40.9 Å². The smallest absolute Gasteiger partial charge is 0.255 e. The van der Waals surface area contributed by atoms with Crippen molar-refractivity contribution in [2.45, 2.75) is 31.7 Å². The lowest BCUT2D eigenvalue weighted by Gasteiger charge is -2.21. The van der Waals surface area contributed by atoms with Crippen LogP contribution in [0.4, 0.5) is 0 Å². The van der Waals surface area contributed by atoms with E-state index in [1.165, 1.54) is 37.0 Å². The van der Waals surface area contributed by atoms with Crippen LogP contribution in [0, 0.1) is 17.8 Å². The van der Waals surface area contributed by atoms with E-state index >= 15 is 0 Å². The van der Waals surface area contributed by atoms with Gasteiger partial charge in [0.2, 0.25) is 0 Å². The second-order valence-corrected chi connectivity index (χ2v) is 6.25. The molecule has 0 aromatic carbocycles. The minimum absolute atomic E-state index is 0.187. The molecule has 0 saturated heterocycles. The summed E-state index contributed by atoms with van der Waals surface area (Å²) in [5, 5.41) is 1.92. The maximum Gasteiger partial charge on any atom is 0.255 e. The number of nitrogens with zero attached hydrogens (tertiary/aromatic N) is 1. The number of hydrogen-bond donors (Lipinski definition) is 1. The van der Waals surface area contributed by atoms with E-state index in [0.29, 0.717) is 12.6 Å². The van der Waals surface area contributed by atoms with Gasteiger partial charge in [0.05, 0.1) is 17.0 Å². The monoisotopic (exact) mass is 274 g/mol. The number of thiophene rings is 1. The predicted molar refractivity (Wildman–Crippen MR) is 77.0 cm³/mol. The predicted octanol–water partition coefficient (Wildman–Crippen LogP) is 2.07. The van der Waals surface area contributed by atoms with Gasteiger partial charge in [0.25, 0.3) is 5.91 Å². The normalized spacial score (nSPS) is 17.7. The van der Waals surface area contributed by atoms with Gasteiger partial charge < -0.3 is 10.6 Å². The van der Waals surface area contributed by atoms with Gasteiger partial charge in [0, 0.05) is 18.0 Å². The average molecular weight is 274 g/mol. The molecule has 0 spiro atoms. The summed E-state index contributed by atoms with van der Waals surface area (Å²) >= 11 is 1.53.